The molecule has 1 aromatic heterocycles. The van der Waals surface area contributed by atoms with E-state index in [1.54, 1.807) is 6.07 Å². The van der Waals surface area contributed by atoms with Crippen molar-refractivity contribution in [1.82, 2.24) is 8.87 Å². The summed E-state index contributed by atoms with van der Waals surface area (Å²) in [6.07, 6.45) is 3.55. The van der Waals surface area contributed by atoms with Crippen LogP contribution in [0.4, 0.5) is 0 Å². The normalized spacial score (nSPS) is 15.5. The Bertz CT molecular complexity index is 1100. The van der Waals surface area contributed by atoms with Gasteiger partial charge in [0.15, 0.2) is 6.61 Å². The Morgan fingerprint density at radius 1 is 1.06 bits per heavy atom. The molecule has 7 nitrogen and oxygen atoms in total. The van der Waals surface area contributed by atoms with Gasteiger partial charge >= 0.3 is 5.97 Å². The van der Waals surface area contributed by atoms with Crippen LogP contribution < -0.4 is 0 Å². The summed E-state index contributed by atoms with van der Waals surface area (Å²) >= 11 is 6.17. The van der Waals surface area contributed by atoms with Crippen LogP contribution in [0.25, 0.3) is 0 Å². The molecule has 0 amide bonds. The van der Waals surface area contributed by atoms with Crippen LogP contribution in [0.3, 0.4) is 0 Å². The number of nitrogens with zero attached hydrogens (tertiary/aromatic N) is 2. The van der Waals surface area contributed by atoms with Crippen molar-refractivity contribution >= 4 is 33.4 Å². The second kappa shape index (κ2) is 9.54. The van der Waals surface area contributed by atoms with Crippen LogP contribution in [-0.4, -0.2) is 48.7 Å². The highest BCUT2D eigenvalue weighted by molar-refractivity contribution is 7.89. The van der Waals surface area contributed by atoms with E-state index in [4.69, 9.17) is 16.3 Å². The lowest BCUT2D eigenvalue weighted by Crippen LogP contribution is -2.32. The standard InChI is InChI=1S/C22H27ClN2O5S/c1-15-12-18(16(2)24(15)3)20(26)14-30-22(27)17-8-9-19(23)21(13-17)31(28,29)25-10-6-4-5-7-11-25/h8-9,12-13H,4-7,10-11,14H2,1-3H3. The predicted molar refractivity (Wildman–Crippen MR) is 118 cm³/mol. The van der Waals surface area contributed by atoms with E-state index in [2.05, 4.69) is 0 Å². The van der Waals surface area contributed by atoms with E-state index in [-0.39, 0.29) is 21.3 Å². The molecule has 1 aromatic carbocycles. The number of carbonyl (C=O) groups is 2. The molecule has 0 spiro atoms. The minimum atomic E-state index is -3.83. The highest BCUT2D eigenvalue weighted by Gasteiger charge is 2.28. The summed E-state index contributed by atoms with van der Waals surface area (Å²) in [6.45, 7) is 4.13. The van der Waals surface area contributed by atoms with Gasteiger partial charge in [-0.15, -0.1) is 0 Å². The fourth-order valence-corrected chi connectivity index (χ4v) is 5.70. The number of Topliss-reactive ketones (excluding diaryl/α,β-unsaturated/α-hetero) is 1. The van der Waals surface area contributed by atoms with Gasteiger partial charge in [-0.2, -0.15) is 4.31 Å². The molecule has 0 radical (unpaired) electrons. The Kier molecular flexibility index (Phi) is 7.24. The minimum Gasteiger partial charge on any atom is -0.454 e. The zero-order valence-corrected chi connectivity index (χ0v) is 19.6. The summed E-state index contributed by atoms with van der Waals surface area (Å²) in [5, 5.41) is 0.0484. The Labute approximate surface area is 188 Å². The average molecular weight is 467 g/mol. The molecular weight excluding hydrogens is 440 g/mol. The number of sulfonamides is 1. The second-order valence-electron chi connectivity index (χ2n) is 7.81. The van der Waals surface area contributed by atoms with Crippen LogP contribution >= 0.6 is 11.6 Å². The van der Waals surface area contributed by atoms with Gasteiger partial charge in [0.25, 0.3) is 0 Å². The molecule has 0 atom stereocenters. The molecule has 0 unspecified atom stereocenters. The number of rotatable bonds is 6. The summed E-state index contributed by atoms with van der Waals surface area (Å²) in [5.74, 6) is -1.09. The Morgan fingerprint density at radius 3 is 2.29 bits per heavy atom. The first-order chi connectivity index (χ1) is 14.6. The number of aryl methyl sites for hydroxylation is 1. The van der Waals surface area contributed by atoms with Crippen molar-refractivity contribution in [2.24, 2.45) is 7.05 Å². The third kappa shape index (κ3) is 5.02. The lowest BCUT2D eigenvalue weighted by Gasteiger charge is -2.21. The quantitative estimate of drug-likeness (QED) is 0.476. The maximum atomic E-state index is 13.1. The van der Waals surface area contributed by atoms with Crippen LogP contribution in [0, 0.1) is 13.8 Å². The largest absolute Gasteiger partial charge is 0.454 e. The minimum absolute atomic E-state index is 0.0339. The molecule has 1 saturated heterocycles. The number of ketones is 1. The summed E-state index contributed by atoms with van der Waals surface area (Å²) in [4.78, 5) is 24.9. The molecule has 1 aliphatic heterocycles. The molecule has 9 heteroatoms. The number of carbonyl (C=O) groups excluding carboxylic acids is 2. The van der Waals surface area contributed by atoms with Crippen molar-refractivity contribution in [2.75, 3.05) is 19.7 Å². The van der Waals surface area contributed by atoms with Gasteiger partial charge in [-0.1, -0.05) is 24.4 Å². The average Bonchev–Trinajstić information content (AvgIpc) is 2.94. The molecule has 0 saturated carbocycles. The summed E-state index contributed by atoms with van der Waals surface area (Å²) in [5.41, 5.74) is 2.24. The monoisotopic (exact) mass is 466 g/mol. The lowest BCUT2D eigenvalue weighted by atomic mass is 10.1. The predicted octanol–water partition coefficient (Wildman–Crippen LogP) is 3.90. The number of esters is 1. The Hall–Kier alpha value is -2.16. The third-order valence-electron chi connectivity index (χ3n) is 5.76. The van der Waals surface area contributed by atoms with E-state index in [1.807, 2.05) is 25.5 Å². The number of ether oxygens (including phenoxy) is 1. The van der Waals surface area contributed by atoms with Crippen LogP contribution in [-0.2, 0) is 21.8 Å². The SMILES string of the molecule is Cc1cc(C(=O)COC(=O)c2ccc(Cl)c(S(=O)(=O)N3CCCCCC3)c2)c(C)n1C. The molecular formula is C22H27ClN2O5S. The molecule has 1 aliphatic rings. The van der Waals surface area contributed by atoms with Crippen molar-refractivity contribution in [1.29, 1.82) is 0 Å². The zero-order valence-electron chi connectivity index (χ0n) is 18.0. The first-order valence-corrected chi connectivity index (χ1v) is 12.1. The van der Waals surface area contributed by atoms with Gasteiger partial charge in [-0.05, 0) is 51.0 Å². The van der Waals surface area contributed by atoms with Gasteiger partial charge in [0.1, 0.15) is 4.90 Å². The van der Waals surface area contributed by atoms with E-state index in [9.17, 15) is 18.0 Å². The van der Waals surface area contributed by atoms with E-state index in [1.165, 1.54) is 22.5 Å². The van der Waals surface area contributed by atoms with Gasteiger partial charge in [-0.25, -0.2) is 13.2 Å². The van der Waals surface area contributed by atoms with Crippen molar-refractivity contribution in [3.8, 4) is 0 Å². The summed E-state index contributed by atoms with van der Waals surface area (Å²) in [7, 11) is -1.98. The van der Waals surface area contributed by atoms with Gasteiger partial charge in [-0.3, -0.25) is 4.79 Å². The molecule has 2 aromatic rings. The molecule has 31 heavy (non-hydrogen) atoms. The number of halogens is 1. The summed E-state index contributed by atoms with van der Waals surface area (Å²) in [6, 6.07) is 5.75. The first kappa shape index (κ1) is 23.5. The van der Waals surface area contributed by atoms with E-state index >= 15 is 0 Å². The van der Waals surface area contributed by atoms with Crippen molar-refractivity contribution in [2.45, 2.75) is 44.4 Å². The summed E-state index contributed by atoms with van der Waals surface area (Å²) < 4.78 is 34.7. The molecule has 2 heterocycles. The number of aromatic nitrogens is 1. The van der Waals surface area contributed by atoms with Crippen LogP contribution in [0.5, 0.6) is 0 Å². The Balaban J connectivity index is 1.76. The zero-order chi connectivity index (χ0) is 22.8. The highest BCUT2D eigenvalue weighted by Crippen LogP contribution is 2.28. The van der Waals surface area contributed by atoms with Crippen molar-refractivity contribution in [3.63, 3.8) is 0 Å². The van der Waals surface area contributed by atoms with Crippen LogP contribution in [0.2, 0.25) is 5.02 Å². The maximum Gasteiger partial charge on any atom is 0.338 e. The van der Waals surface area contributed by atoms with Gasteiger partial charge in [0.2, 0.25) is 15.8 Å². The maximum absolute atomic E-state index is 13.1. The van der Waals surface area contributed by atoms with Crippen molar-refractivity contribution in [3.05, 3.63) is 51.8 Å². The Morgan fingerprint density at radius 2 is 1.71 bits per heavy atom. The number of hydrogen-bond donors (Lipinski definition) is 0. The van der Waals surface area contributed by atoms with Crippen LogP contribution in [0.1, 0.15) is 57.8 Å². The van der Waals surface area contributed by atoms with E-state index in [0.29, 0.717) is 18.7 Å². The van der Waals surface area contributed by atoms with E-state index in [0.717, 1.165) is 37.1 Å². The molecule has 0 N–H and O–H groups in total. The second-order valence-corrected chi connectivity index (χ2v) is 10.1. The molecule has 0 bridgehead atoms. The van der Waals surface area contributed by atoms with Gasteiger partial charge < -0.3 is 9.30 Å². The fraction of sp³-hybridized carbons (Fsp3) is 0.455. The number of benzene rings is 1. The van der Waals surface area contributed by atoms with Crippen LogP contribution in [0.15, 0.2) is 29.2 Å². The molecule has 3 rings (SSSR count). The topological polar surface area (TPSA) is 85.7 Å². The highest BCUT2D eigenvalue weighted by atomic mass is 35.5. The first-order valence-electron chi connectivity index (χ1n) is 10.3. The number of hydrogen-bond acceptors (Lipinski definition) is 5. The molecule has 168 valence electrons. The third-order valence-corrected chi connectivity index (χ3v) is 8.14. The fourth-order valence-electron chi connectivity index (χ4n) is 3.68. The molecule has 1 fully saturated rings. The van der Waals surface area contributed by atoms with E-state index < -0.39 is 22.6 Å². The lowest BCUT2D eigenvalue weighted by molar-refractivity contribution is 0.0474. The van der Waals surface area contributed by atoms with Gasteiger partial charge in [0, 0.05) is 37.1 Å². The van der Waals surface area contributed by atoms with Crippen molar-refractivity contribution < 1.29 is 22.7 Å². The van der Waals surface area contributed by atoms with Gasteiger partial charge in [0.05, 0.1) is 10.6 Å². The smallest absolute Gasteiger partial charge is 0.338 e. The molecule has 0 aliphatic carbocycles.